The topological polar surface area (TPSA) is 74.2 Å². The molecule has 0 saturated heterocycles. The van der Waals surface area contributed by atoms with E-state index >= 15 is 0 Å². The highest BCUT2D eigenvalue weighted by Crippen LogP contribution is 2.48. The zero-order chi connectivity index (χ0) is 29.1. The standard InChI is InChI=1S/C36H37NO5/c1-23-33(36(39)42-28-15-9-10-16-28)34(35-29(37-23)19-27(20-30(35)38)25-13-7-4-8-14-25)26-17-18-31(32(21-26)40-2)41-22-24-11-5-3-6-12-24/h3-8,11-14,17-18,21,27-28,33-34H,9-10,15-16,19-20,22H2,1-2H3/t27-,33?,34+/m1/s1. The van der Waals surface area contributed by atoms with Gasteiger partial charge in [-0.15, -0.1) is 0 Å². The molecule has 2 aliphatic carbocycles. The van der Waals surface area contributed by atoms with E-state index < -0.39 is 11.8 Å². The van der Waals surface area contributed by atoms with Gasteiger partial charge in [0.05, 0.1) is 7.11 Å². The van der Waals surface area contributed by atoms with Gasteiger partial charge in [0.1, 0.15) is 18.6 Å². The number of esters is 1. The molecule has 3 aromatic rings. The van der Waals surface area contributed by atoms with Crippen LogP contribution in [0, 0.1) is 5.92 Å². The van der Waals surface area contributed by atoms with Crippen LogP contribution in [0.3, 0.4) is 0 Å². The van der Waals surface area contributed by atoms with Crippen LogP contribution in [0.2, 0.25) is 0 Å². The van der Waals surface area contributed by atoms with Crippen molar-refractivity contribution in [3.8, 4) is 11.5 Å². The molecule has 6 rings (SSSR count). The van der Waals surface area contributed by atoms with Crippen LogP contribution in [0.25, 0.3) is 0 Å². The molecule has 216 valence electrons. The Bertz CT molecular complexity index is 1500. The van der Waals surface area contributed by atoms with Crippen LogP contribution < -0.4 is 9.47 Å². The van der Waals surface area contributed by atoms with E-state index in [1.54, 1.807) is 7.11 Å². The van der Waals surface area contributed by atoms with Crippen molar-refractivity contribution < 1.29 is 23.8 Å². The van der Waals surface area contributed by atoms with Crippen molar-refractivity contribution in [1.29, 1.82) is 0 Å². The van der Waals surface area contributed by atoms with Gasteiger partial charge in [-0.3, -0.25) is 14.6 Å². The number of allylic oxidation sites excluding steroid dienone is 2. The van der Waals surface area contributed by atoms with Crippen LogP contribution in [0.15, 0.2) is 95.1 Å². The molecule has 1 heterocycles. The lowest BCUT2D eigenvalue weighted by molar-refractivity contribution is -0.151. The van der Waals surface area contributed by atoms with Gasteiger partial charge in [-0.05, 0) is 73.8 Å². The number of aliphatic imine (C=N–C) groups is 1. The third-order valence-electron chi connectivity index (χ3n) is 8.78. The molecular weight excluding hydrogens is 526 g/mol. The number of methoxy groups -OCH3 is 1. The van der Waals surface area contributed by atoms with Gasteiger partial charge in [0.2, 0.25) is 0 Å². The van der Waals surface area contributed by atoms with Crippen LogP contribution in [-0.2, 0) is 20.9 Å². The lowest BCUT2D eigenvalue weighted by atomic mass is 9.69. The average Bonchev–Trinajstić information content (AvgIpc) is 3.53. The Morgan fingerprint density at radius 2 is 1.60 bits per heavy atom. The highest BCUT2D eigenvalue weighted by Gasteiger charge is 2.45. The van der Waals surface area contributed by atoms with Crippen molar-refractivity contribution in [2.24, 2.45) is 10.9 Å². The first-order valence-corrected chi connectivity index (χ1v) is 14.9. The summed E-state index contributed by atoms with van der Waals surface area (Å²) in [6.45, 7) is 2.29. The number of hydrogen-bond donors (Lipinski definition) is 0. The Kier molecular flexibility index (Phi) is 8.22. The van der Waals surface area contributed by atoms with Gasteiger partial charge in [-0.1, -0.05) is 66.7 Å². The van der Waals surface area contributed by atoms with E-state index in [2.05, 4.69) is 12.1 Å². The number of carbonyl (C=O) groups excluding carboxylic acids is 2. The number of hydrogen-bond acceptors (Lipinski definition) is 6. The molecular formula is C36H37NO5. The fourth-order valence-corrected chi connectivity index (χ4v) is 6.66. The maximum Gasteiger partial charge on any atom is 0.315 e. The van der Waals surface area contributed by atoms with E-state index in [-0.39, 0.29) is 23.8 Å². The van der Waals surface area contributed by atoms with Crippen LogP contribution in [-0.4, -0.2) is 30.7 Å². The molecule has 1 unspecified atom stereocenters. The van der Waals surface area contributed by atoms with E-state index in [1.807, 2.05) is 73.7 Å². The second kappa shape index (κ2) is 12.4. The molecule has 0 bridgehead atoms. The van der Waals surface area contributed by atoms with Gasteiger partial charge in [-0.25, -0.2) is 0 Å². The Morgan fingerprint density at radius 3 is 2.31 bits per heavy atom. The average molecular weight is 564 g/mol. The van der Waals surface area contributed by atoms with E-state index in [1.165, 1.54) is 0 Å². The molecule has 1 saturated carbocycles. The molecule has 3 aliphatic rings. The Balaban J connectivity index is 1.36. The van der Waals surface area contributed by atoms with Gasteiger partial charge in [0, 0.05) is 29.3 Å². The maximum absolute atomic E-state index is 14.0. The molecule has 0 spiro atoms. The molecule has 42 heavy (non-hydrogen) atoms. The highest BCUT2D eigenvalue weighted by atomic mass is 16.5. The van der Waals surface area contributed by atoms with Crippen molar-refractivity contribution >= 4 is 17.5 Å². The summed E-state index contributed by atoms with van der Waals surface area (Å²) in [5.41, 5.74) is 5.09. The predicted octanol–water partition coefficient (Wildman–Crippen LogP) is 7.34. The van der Waals surface area contributed by atoms with Crippen molar-refractivity contribution in [3.63, 3.8) is 0 Å². The molecule has 0 amide bonds. The fourth-order valence-electron chi connectivity index (χ4n) is 6.66. The zero-order valence-electron chi connectivity index (χ0n) is 24.3. The molecule has 1 aliphatic heterocycles. The van der Waals surface area contributed by atoms with E-state index in [4.69, 9.17) is 19.2 Å². The number of rotatable bonds is 8. The summed E-state index contributed by atoms with van der Waals surface area (Å²) in [4.78, 5) is 32.7. The first kappa shape index (κ1) is 28.0. The molecule has 0 radical (unpaired) electrons. The molecule has 0 aromatic heterocycles. The number of ketones is 1. The normalized spacial score (nSPS) is 22.4. The number of benzene rings is 3. The first-order valence-electron chi connectivity index (χ1n) is 14.9. The van der Waals surface area contributed by atoms with Crippen LogP contribution >= 0.6 is 0 Å². The van der Waals surface area contributed by atoms with Gasteiger partial charge in [-0.2, -0.15) is 0 Å². The van der Waals surface area contributed by atoms with Crippen molar-refractivity contribution in [2.45, 2.75) is 70.0 Å². The summed E-state index contributed by atoms with van der Waals surface area (Å²) in [6, 6.07) is 25.8. The highest BCUT2D eigenvalue weighted by molar-refractivity contribution is 6.09. The third kappa shape index (κ3) is 5.76. The number of Topliss-reactive ketones (excluding diaryl/α,β-unsaturated/α-hetero) is 1. The van der Waals surface area contributed by atoms with E-state index in [0.717, 1.165) is 48.1 Å². The summed E-state index contributed by atoms with van der Waals surface area (Å²) < 4.78 is 17.9. The van der Waals surface area contributed by atoms with Crippen molar-refractivity contribution in [1.82, 2.24) is 0 Å². The number of carbonyl (C=O) groups is 2. The Labute approximate surface area is 247 Å². The maximum atomic E-state index is 14.0. The predicted molar refractivity (Wildman–Crippen MR) is 162 cm³/mol. The lowest BCUT2D eigenvalue weighted by Gasteiger charge is -2.37. The van der Waals surface area contributed by atoms with Gasteiger partial charge in [0.25, 0.3) is 0 Å². The van der Waals surface area contributed by atoms with Crippen LogP contribution in [0.5, 0.6) is 11.5 Å². The quantitative estimate of drug-likeness (QED) is 0.268. The molecule has 3 aromatic carbocycles. The number of ether oxygens (including phenoxy) is 3. The van der Waals surface area contributed by atoms with E-state index in [9.17, 15) is 9.59 Å². The van der Waals surface area contributed by atoms with E-state index in [0.29, 0.717) is 42.2 Å². The monoisotopic (exact) mass is 563 g/mol. The second-order valence-corrected chi connectivity index (χ2v) is 11.5. The first-order chi connectivity index (χ1) is 20.5. The summed E-state index contributed by atoms with van der Waals surface area (Å²) in [5, 5.41) is 0. The fraction of sp³-hybridized carbons (Fsp3) is 0.361. The number of nitrogens with zero attached hydrogens (tertiary/aromatic N) is 1. The van der Waals surface area contributed by atoms with Gasteiger partial charge < -0.3 is 14.2 Å². The lowest BCUT2D eigenvalue weighted by Crippen LogP contribution is -2.39. The van der Waals surface area contributed by atoms with Gasteiger partial charge in [0.15, 0.2) is 17.3 Å². The summed E-state index contributed by atoms with van der Waals surface area (Å²) in [5.74, 6) is -0.242. The zero-order valence-corrected chi connectivity index (χ0v) is 24.3. The van der Waals surface area contributed by atoms with Crippen molar-refractivity contribution in [2.75, 3.05) is 7.11 Å². The molecule has 0 N–H and O–H groups in total. The smallest absolute Gasteiger partial charge is 0.315 e. The van der Waals surface area contributed by atoms with Crippen LogP contribution in [0.4, 0.5) is 0 Å². The minimum absolute atomic E-state index is 0.0355. The Hall–Kier alpha value is -4.19. The minimum atomic E-state index is -0.678. The van der Waals surface area contributed by atoms with Gasteiger partial charge >= 0.3 is 5.97 Å². The largest absolute Gasteiger partial charge is 0.493 e. The Morgan fingerprint density at radius 1 is 0.881 bits per heavy atom. The molecule has 6 heteroatoms. The summed E-state index contributed by atoms with van der Waals surface area (Å²) in [6.07, 6.45) is 4.85. The van der Waals surface area contributed by atoms with Crippen LogP contribution in [0.1, 0.15) is 74.0 Å². The second-order valence-electron chi connectivity index (χ2n) is 11.5. The SMILES string of the molecule is COc1cc([C@@H]2C3=C(C[C@@H](c4ccccc4)CC3=O)N=C(C)C2C(=O)OC2CCCC2)ccc1OCc1ccccc1. The molecule has 1 fully saturated rings. The summed E-state index contributed by atoms with van der Waals surface area (Å²) in [7, 11) is 1.61. The molecule has 3 atom stereocenters. The molecule has 6 nitrogen and oxygen atoms in total. The third-order valence-corrected chi connectivity index (χ3v) is 8.78. The minimum Gasteiger partial charge on any atom is -0.493 e. The summed E-state index contributed by atoms with van der Waals surface area (Å²) >= 11 is 0. The van der Waals surface area contributed by atoms with Crippen molar-refractivity contribution in [3.05, 3.63) is 107 Å².